The van der Waals surface area contributed by atoms with Gasteiger partial charge >= 0.3 is 0 Å². The fourth-order valence-electron chi connectivity index (χ4n) is 9.67. The number of nitrogens with two attached hydrogens (primary N) is 3. The van der Waals surface area contributed by atoms with E-state index in [-0.39, 0.29) is 29.2 Å². The molecule has 0 radical (unpaired) electrons. The third kappa shape index (κ3) is 12.8. The minimum absolute atomic E-state index is 0.117. The van der Waals surface area contributed by atoms with E-state index in [1.165, 1.54) is 5.56 Å². The van der Waals surface area contributed by atoms with Gasteiger partial charge in [0.15, 0.2) is 11.6 Å². The molecule has 340 valence electrons. The van der Waals surface area contributed by atoms with Crippen molar-refractivity contribution in [1.82, 2.24) is 25.3 Å². The lowest BCUT2D eigenvalue weighted by molar-refractivity contribution is -0.157. The summed E-state index contributed by atoms with van der Waals surface area (Å²) in [5, 5.41) is 6.43. The summed E-state index contributed by atoms with van der Waals surface area (Å²) in [6.07, 6.45) is 8.70. The Kier molecular flexibility index (Phi) is 18.1. The summed E-state index contributed by atoms with van der Waals surface area (Å²) >= 11 is 0. The second-order valence-corrected chi connectivity index (χ2v) is 17.8. The maximum atomic E-state index is 15.3. The van der Waals surface area contributed by atoms with E-state index in [9.17, 15) is 19.2 Å². The van der Waals surface area contributed by atoms with Gasteiger partial charge in [-0.2, -0.15) is 0 Å². The number of piperazine rings is 1. The lowest BCUT2D eigenvalue weighted by atomic mass is 9.84. The number of benzene rings is 3. The number of imide groups is 1. The minimum atomic E-state index is -1.33. The Morgan fingerprint density at radius 3 is 2.08 bits per heavy atom. The molecule has 1 saturated carbocycles. The number of ketones is 2. The average Bonchev–Trinajstić information content (AvgIpc) is 3.87. The number of nitrogens with one attached hydrogen (secondary N) is 2. The molecule has 0 aromatic heterocycles. The number of rotatable bonds is 21. The molecule has 2 saturated heterocycles. The van der Waals surface area contributed by atoms with E-state index in [4.69, 9.17) is 17.2 Å². The number of likely N-dealkylation sites (N-methyl/N-ethyl adjacent to an activating group) is 1. The smallest absolute Gasteiger partial charge is 0.247 e. The van der Waals surface area contributed by atoms with Gasteiger partial charge in [-0.25, -0.2) is 0 Å². The first-order valence-corrected chi connectivity index (χ1v) is 23.4. The van der Waals surface area contributed by atoms with Crippen molar-refractivity contribution in [2.45, 2.75) is 120 Å². The topological polar surface area (TPSA) is 197 Å². The molecule has 2 heterocycles. The second-order valence-electron chi connectivity index (χ2n) is 17.8. The van der Waals surface area contributed by atoms with Crippen molar-refractivity contribution in [3.8, 4) is 0 Å². The van der Waals surface area contributed by atoms with Gasteiger partial charge in [0.25, 0.3) is 0 Å². The highest BCUT2D eigenvalue weighted by atomic mass is 16.2. The number of nitrogens with zero attached hydrogens (tertiary/aromatic N) is 3. The van der Waals surface area contributed by atoms with Crippen LogP contribution >= 0.6 is 0 Å². The molecule has 0 spiro atoms. The van der Waals surface area contributed by atoms with Crippen molar-refractivity contribution in [2.24, 2.45) is 23.1 Å². The summed E-state index contributed by atoms with van der Waals surface area (Å²) < 4.78 is 0. The van der Waals surface area contributed by atoms with E-state index in [1.54, 1.807) is 30.1 Å². The van der Waals surface area contributed by atoms with Crippen molar-refractivity contribution < 1.29 is 24.0 Å². The normalized spacial score (nSPS) is 19.2. The van der Waals surface area contributed by atoms with Gasteiger partial charge in [-0.15, -0.1) is 0 Å². The Labute approximate surface area is 373 Å². The van der Waals surface area contributed by atoms with E-state index < -0.39 is 53.7 Å². The van der Waals surface area contributed by atoms with Gasteiger partial charge < -0.3 is 32.7 Å². The van der Waals surface area contributed by atoms with Crippen LogP contribution in [0.25, 0.3) is 0 Å². The van der Waals surface area contributed by atoms with Crippen LogP contribution in [-0.4, -0.2) is 121 Å². The number of hydrogen-bond donors (Lipinski definition) is 5. The Hall–Kier alpha value is -4.63. The molecule has 1 aliphatic carbocycles. The predicted octanol–water partition coefficient (Wildman–Crippen LogP) is 4.00. The van der Waals surface area contributed by atoms with Crippen LogP contribution in [0.4, 0.5) is 0 Å². The molecule has 13 nitrogen and oxygen atoms in total. The van der Waals surface area contributed by atoms with Gasteiger partial charge in [-0.1, -0.05) is 117 Å². The number of carbonyl (C=O) groups is 5. The van der Waals surface area contributed by atoms with Crippen molar-refractivity contribution in [2.75, 3.05) is 46.3 Å². The average molecular weight is 863 g/mol. The zero-order valence-corrected chi connectivity index (χ0v) is 37.2. The van der Waals surface area contributed by atoms with Crippen LogP contribution in [0.1, 0.15) is 108 Å². The van der Waals surface area contributed by atoms with Crippen LogP contribution in [0.15, 0.2) is 78.9 Å². The lowest BCUT2D eigenvalue weighted by Crippen LogP contribution is -2.62. The quantitative estimate of drug-likeness (QED) is 0.0767. The van der Waals surface area contributed by atoms with Gasteiger partial charge in [0.05, 0.1) is 24.2 Å². The molecule has 0 bridgehead atoms. The lowest BCUT2D eigenvalue weighted by Gasteiger charge is -2.40. The van der Waals surface area contributed by atoms with Crippen LogP contribution in [0, 0.1) is 5.92 Å². The number of unbranched alkanes of at least 4 members (excludes halogenated alkanes) is 1. The van der Waals surface area contributed by atoms with Crippen LogP contribution in [0.2, 0.25) is 0 Å². The maximum Gasteiger partial charge on any atom is 0.247 e. The van der Waals surface area contributed by atoms with Crippen LogP contribution in [0.5, 0.6) is 0 Å². The predicted molar refractivity (Wildman–Crippen MR) is 247 cm³/mol. The Balaban J connectivity index is 1.41. The van der Waals surface area contributed by atoms with Gasteiger partial charge in [-0.05, 0) is 81.3 Å². The van der Waals surface area contributed by atoms with E-state index in [1.807, 2.05) is 48.5 Å². The molecule has 3 aliphatic rings. The standard InChI is InChI=1S/C50H70N8O5/c1-54-43(32-36-17-7-3-8-18-36)46(59)39-22-13-21-38(45(39)47(60)40(52)23-11-12-25-51)33-44(50(63)57-29-27-56(28-30-57)34-37-19-9-4-10-20-37)58(49(62)42-24-14-26-55-42)48(61)41(53)31-35-15-5-2-6-16-35/h3-4,7-10,13,17-22,35,40-44,54-55H,2,5-6,11-12,14-16,23-34,51-53H2,1H3/t40?,41-,42?,43?,44?/m1/s1. The van der Waals surface area contributed by atoms with Gasteiger partial charge in [0.1, 0.15) is 6.04 Å². The zero-order chi connectivity index (χ0) is 44.7. The summed E-state index contributed by atoms with van der Waals surface area (Å²) in [5.41, 5.74) is 22.1. The molecular weight excluding hydrogens is 793 g/mol. The molecule has 5 atom stereocenters. The molecule has 4 unspecified atom stereocenters. The van der Waals surface area contributed by atoms with Crippen molar-refractivity contribution >= 4 is 29.3 Å². The fourth-order valence-corrected chi connectivity index (χ4v) is 9.67. The summed E-state index contributed by atoms with van der Waals surface area (Å²) in [6, 6.07) is 20.2. The number of carbonyl (C=O) groups excluding carboxylic acids is 5. The molecule has 3 amide bonds. The molecule has 2 aliphatic heterocycles. The van der Waals surface area contributed by atoms with Gasteiger partial charge in [-0.3, -0.25) is 33.8 Å². The Morgan fingerprint density at radius 2 is 1.44 bits per heavy atom. The monoisotopic (exact) mass is 863 g/mol. The number of hydrogen-bond acceptors (Lipinski definition) is 11. The molecule has 3 fully saturated rings. The first-order valence-electron chi connectivity index (χ1n) is 23.4. The van der Waals surface area contributed by atoms with E-state index in [0.29, 0.717) is 83.4 Å². The molecule has 13 heteroatoms. The summed E-state index contributed by atoms with van der Waals surface area (Å²) in [6.45, 7) is 3.74. The van der Waals surface area contributed by atoms with Crippen LogP contribution in [0.3, 0.4) is 0 Å². The molecule has 3 aromatic rings. The Morgan fingerprint density at radius 1 is 0.762 bits per heavy atom. The molecule has 3 aromatic carbocycles. The molecule has 63 heavy (non-hydrogen) atoms. The summed E-state index contributed by atoms with van der Waals surface area (Å²) in [4.78, 5) is 79.7. The van der Waals surface area contributed by atoms with Crippen molar-refractivity contribution in [3.63, 3.8) is 0 Å². The van der Waals surface area contributed by atoms with E-state index >= 15 is 4.79 Å². The van der Waals surface area contributed by atoms with Crippen molar-refractivity contribution in [3.05, 3.63) is 107 Å². The third-order valence-corrected chi connectivity index (χ3v) is 13.3. The molecule has 8 N–H and O–H groups in total. The van der Waals surface area contributed by atoms with Gasteiger partial charge in [0, 0.05) is 50.3 Å². The number of Topliss-reactive ketones (excluding diaryl/α,β-unsaturated/α-hetero) is 2. The first-order chi connectivity index (χ1) is 30.6. The second kappa shape index (κ2) is 23.9. The zero-order valence-electron chi connectivity index (χ0n) is 37.2. The fraction of sp³-hybridized carbons (Fsp3) is 0.540. The molecular formula is C50H70N8O5. The first kappa shape index (κ1) is 47.8. The maximum absolute atomic E-state index is 15.3. The third-order valence-electron chi connectivity index (χ3n) is 13.3. The SMILES string of the molecule is CNC(Cc1ccccc1)C(=O)c1cccc(CC(C(=O)N2CCN(Cc3ccccc3)CC2)N(C(=O)C2CCCN2)C(=O)[C@H](N)CC2CCCCC2)c1C(=O)C(N)CCCCN. The Bertz CT molecular complexity index is 1960. The highest BCUT2D eigenvalue weighted by Gasteiger charge is 2.44. The van der Waals surface area contributed by atoms with Gasteiger partial charge in [0.2, 0.25) is 17.7 Å². The van der Waals surface area contributed by atoms with E-state index in [0.717, 1.165) is 55.5 Å². The highest BCUT2D eigenvalue weighted by molar-refractivity contribution is 6.13. The van der Waals surface area contributed by atoms with Crippen molar-refractivity contribution in [1.29, 1.82) is 0 Å². The van der Waals surface area contributed by atoms with Crippen LogP contribution < -0.4 is 27.8 Å². The number of amides is 3. The minimum Gasteiger partial charge on any atom is -0.338 e. The van der Waals surface area contributed by atoms with Crippen LogP contribution in [-0.2, 0) is 33.8 Å². The summed E-state index contributed by atoms with van der Waals surface area (Å²) in [5.74, 6) is -1.96. The van der Waals surface area contributed by atoms with E-state index in [2.05, 4.69) is 27.7 Å². The summed E-state index contributed by atoms with van der Waals surface area (Å²) in [7, 11) is 1.71. The molecule has 6 rings (SSSR count). The largest absolute Gasteiger partial charge is 0.338 e. The highest BCUT2D eigenvalue weighted by Crippen LogP contribution is 2.30.